The Labute approximate surface area is 86.0 Å². The molecule has 0 saturated heterocycles. The molecular weight excluding hydrogens is 182 g/mol. The molecule has 84 valence electrons. The van der Waals surface area contributed by atoms with Gasteiger partial charge in [0.1, 0.15) is 0 Å². The maximum Gasteiger partial charge on any atom is 0.304 e. The zero-order valence-corrected chi connectivity index (χ0v) is 9.29. The van der Waals surface area contributed by atoms with E-state index in [1.54, 1.807) is 12.2 Å². The lowest BCUT2D eigenvalue weighted by Gasteiger charge is -2.29. The maximum absolute atomic E-state index is 5.43. The summed E-state index contributed by atoms with van der Waals surface area (Å²) < 4.78 is 16.3. The number of ether oxygens (including phenoxy) is 3. The Hall–Kier alpha value is -0.420. The SMILES string of the molecule is CCOC(/C=C/CN)(OCC)OCC. The summed E-state index contributed by atoms with van der Waals surface area (Å²) in [6.07, 6.45) is 3.48. The summed E-state index contributed by atoms with van der Waals surface area (Å²) in [6, 6.07) is 0. The van der Waals surface area contributed by atoms with Crippen LogP contribution in [0.25, 0.3) is 0 Å². The Morgan fingerprint density at radius 2 is 1.43 bits per heavy atom. The second-order valence-corrected chi connectivity index (χ2v) is 2.54. The molecule has 0 radical (unpaired) electrons. The highest BCUT2D eigenvalue weighted by atomic mass is 16.9. The number of nitrogens with two attached hydrogens (primary N) is 1. The lowest BCUT2D eigenvalue weighted by molar-refractivity contribution is -0.345. The molecule has 0 aromatic heterocycles. The van der Waals surface area contributed by atoms with Crippen molar-refractivity contribution in [1.29, 1.82) is 0 Å². The minimum Gasteiger partial charge on any atom is -0.327 e. The Kier molecular flexibility index (Phi) is 7.70. The molecule has 0 unspecified atom stereocenters. The molecule has 0 bridgehead atoms. The van der Waals surface area contributed by atoms with Gasteiger partial charge < -0.3 is 19.9 Å². The van der Waals surface area contributed by atoms with E-state index in [0.29, 0.717) is 26.4 Å². The molecule has 0 aliphatic heterocycles. The fourth-order valence-corrected chi connectivity index (χ4v) is 1.09. The second kappa shape index (κ2) is 7.94. The lowest BCUT2D eigenvalue weighted by Crippen LogP contribution is -2.37. The van der Waals surface area contributed by atoms with Crippen LogP contribution in [0.4, 0.5) is 0 Å². The van der Waals surface area contributed by atoms with Crippen molar-refractivity contribution in [3.8, 4) is 0 Å². The zero-order valence-electron chi connectivity index (χ0n) is 9.29. The number of hydrogen-bond acceptors (Lipinski definition) is 4. The van der Waals surface area contributed by atoms with Crippen LogP contribution in [0.2, 0.25) is 0 Å². The van der Waals surface area contributed by atoms with E-state index in [-0.39, 0.29) is 0 Å². The summed E-state index contributed by atoms with van der Waals surface area (Å²) in [4.78, 5) is 0. The van der Waals surface area contributed by atoms with Crippen LogP contribution < -0.4 is 5.73 Å². The van der Waals surface area contributed by atoms with E-state index >= 15 is 0 Å². The second-order valence-electron chi connectivity index (χ2n) is 2.54. The average Bonchev–Trinajstić information content (AvgIpc) is 2.16. The van der Waals surface area contributed by atoms with Crippen LogP contribution in [-0.4, -0.2) is 32.3 Å². The first kappa shape index (κ1) is 13.6. The Morgan fingerprint density at radius 1 is 1.00 bits per heavy atom. The van der Waals surface area contributed by atoms with Crippen molar-refractivity contribution in [2.24, 2.45) is 5.73 Å². The van der Waals surface area contributed by atoms with Crippen LogP contribution in [0.5, 0.6) is 0 Å². The van der Waals surface area contributed by atoms with Crippen molar-refractivity contribution in [3.05, 3.63) is 12.2 Å². The summed E-state index contributed by atoms with van der Waals surface area (Å²) in [6.45, 7) is 7.68. The van der Waals surface area contributed by atoms with Crippen molar-refractivity contribution in [3.63, 3.8) is 0 Å². The quantitative estimate of drug-likeness (QED) is 0.476. The normalized spacial score (nSPS) is 12.6. The highest BCUT2D eigenvalue weighted by Gasteiger charge is 2.28. The highest BCUT2D eigenvalue weighted by Crippen LogP contribution is 2.17. The van der Waals surface area contributed by atoms with Gasteiger partial charge >= 0.3 is 5.97 Å². The molecule has 2 N–H and O–H groups in total. The number of hydrogen-bond donors (Lipinski definition) is 1. The van der Waals surface area contributed by atoms with Crippen molar-refractivity contribution >= 4 is 0 Å². The minimum absolute atomic E-state index is 0.439. The maximum atomic E-state index is 5.43. The number of rotatable bonds is 8. The first-order valence-electron chi connectivity index (χ1n) is 5.04. The molecule has 4 nitrogen and oxygen atoms in total. The third-order valence-corrected chi connectivity index (χ3v) is 1.49. The van der Waals surface area contributed by atoms with E-state index in [0.717, 1.165) is 0 Å². The zero-order chi connectivity index (χ0) is 10.9. The average molecular weight is 203 g/mol. The van der Waals surface area contributed by atoms with Crippen LogP contribution in [0.1, 0.15) is 20.8 Å². The van der Waals surface area contributed by atoms with Gasteiger partial charge in [0.05, 0.1) is 0 Å². The fraction of sp³-hybridized carbons (Fsp3) is 0.800. The van der Waals surface area contributed by atoms with Crippen LogP contribution in [0.15, 0.2) is 12.2 Å². The molecule has 0 aromatic carbocycles. The van der Waals surface area contributed by atoms with Gasteiger partial charge in [0.25, 0.3) is 0 Å². The Bertz CT molecular complexity index is 142. The topological polar surface area (TPSA) is 53.7 Å². The van der Waals surface area contributed by atoms with Crippen molar-refractivity contribution in [2.75, 3.05) is 26.4 Å². The minimum atomic E-state index is -1.06. The predicted octanol–water partition coefficient (Wildman–Crippen LogP) is 1.26. The molecular formula is C10H21NO3. The van der Waals surface area contributed by atoms with Gasteiger partial charge in [0.15, 0.2) is 0 Å². The van der Waals surface area contributed by atoms with Gasteiger partial charge in [-0.25, -0.2) is 0 Å². The molecule has 0 rings (SSSR count). The molecule has 4 heteroatoms. The largest absolute Gasteiger partial charge is 0.327 e. The summed E-state index contributed by atoms with van der Waals surface area (Å²) >= 11 is 0. The van der Waals surface area contributed by atoms with Crippen LogP contribution in [0, 0.1) is 0 Å². The summed E-state index contributed by atoms with van der Waals surface area (Å²) in [5, 5.41) is 0. The van der Waals surface area contributed by atoms with Gasteiger partial charge in [-0.2, -0.15) is 0 Å². The molecule has 0 fully saturated rings. The van der Waals surface area contributed by atoms with Gasteiger partial charge in [-0.1, -0.05) is 6.08 Å². The summed E-state index contributed by atoms with van der Waals surface area (Å²) in [7, 11) is 0. The standard InChI is InChI=1S/C10H21NO3/c1-4-12-10(13-5-2,14-6-3)8-7-9-11/h7-8H,4-6,9,11H2,1-3H3/b8-7+. The molecule has 0 heterocycles. The third kappa shape index (κ3) is 4.72. The smallest absolute Gasteiger partial charge is 0.304 e. The van der Waals surface area contributed by atoms with E-state index < -0.39 is 5.97 Å². The van der Waals surface area contributed by atoms with E-state index in [9.17, 15) is 0 Å². The van der Waals surface area contributed by atoms with E-state index in [1.807, 2.05) is 20.8 Å². The van der Waals surface area contributed by atoms with Crippen LogP contribution in [0.3, 0.4) is 0 Å². The summed E-state index contributed by atoms with van der Waals surface area (Å²) in [5.41, 5.74) is 5.37. The van der Waals surface area contributed by atoms with Gasteiger partial charge in [0.2, 0.25) is 0 Å². The first-order valence-corrected chi connectivity index (χ1v) is 5.04. The fourth-order valence-electron chi connectivity index (χ4n) is 1.09. The molecule has 0 amide bonds. The molecule has 0 aliphatic rings. The predicted molar refractivity (Wildman–Crippen MR) is 55.8 cm³/mol. The van der Waals surface area contributed by atoms with E-state index in [4.69, 9.17) is 19.9 Å². The van der Waals surface area contributed by atoms with Gasteiger partial charge in [-0.05, 0) is 20.8 Å². The molecule has 14 heavy (non-hydrogen) atoms. The Balaban J connectivity index is 4.45. The molecule has 0 aromatic rings. The van der Waals surface area contributed by atoms with Crippen molar-refractivity contribution in [2.45, 2.75) is 26.7 Å². The van der Waals surface area contributed by atoms with Crippen molar-refractivity contribution in [1.82, 2.24) is 0 Å². The van der Waals surface area contributed by atoms with Crippen molar-refractivity contribution < 1.29 is 14.2 Å². The van der Waals surface area contributed by atoms with Gasteiger partial charge in [-0.15, -0.1) is 0 Å². The molecule has 0 saturated carbocycles. The van der Waals surface area contributed by atoms with Crippen LogP contribution in [-0.2, 0) is 14.2 Å². The van der Waals surface area contributed by atoms with E-state index in [1.165, 1.54) is 0 Å². The molecule has 0 atom stereocenters. The van der Waals surface area contributed by atoms with Gasteiger partial charge in [-0.3, -0.25) is 0 Å². The van der Waals surface area contributed by atoms with Crippen LogP contribution >= 0.6 is 0 Å². The monoisotopic (exact) mass is 203 g/mol. The molecule has 0 spiro atoms. The summed E-state index contributed by atoms with van der Waals surface area (Å²) in [5.74, 6) is -1.06. The lowest BCUT2D eigenvalue weighted by atomic mass is 10.4. The Morgan fingerprint density at radius 3 is 1.71 bits per heavy atom. The third-order valence-electron chi connectivity index (χ3n) is 1.49. The highest BCUT2D eigenvalue weighted by molar-refractivity contribution is 4.91. The first-order chi connectivity index (χ1) is 6.74. The van der Waals surface area contributed by atoms with E-state index in [2.05, 4.69) is 0 Å². The van der Waals surface area contributed by atoms with Gasteiger partial charge in [0, 0.05) is 32.4 Å². The molecule has 0 aliphatic carbocycles.